The van der Waals surface area contributed by atoms with Gasteiger partial charge in [-0.2, -0.15) is 0 Å². The highest BCUT2D eigenvalue weighted by molar-refractivity contribution is 6.00. The van der Waals surface area contributed by atoms with Crippen molar-refractivity contribution in [2.45, 2.75) is 94.9 Å². The molecule has 0 radical (unpaired) electrons. The molecule has 1 saturated carbocycles. The minimum atomic E-state index is -0.435. The molecule has 0 bridgehead atoms. The number of fused-ring (bicyclic) bond motifs is 1. The van der Waals surface area contributed by atoms with Crippen LogP contribution in [-0.2, 0) is 4.79 Å². The molecule has 1 saturated heterocycles. The van der Waals surface area contributed by atoms with Crippen molar-refractivity contribution in [2.75, 3.05) is 0 Å². The van der Waals surface area contributed by atoms with E-state index in [2.05, 4.69) is 16.6 Å². The third kappa shape index (κ3) is 5.13. The first-order chi connectivity index (χ1) is 18.8. The fourth-order valence-electron chi connectivity index (χ4n) is 6.28. The van der Waals surface area contributed by atoms with Crippen LogP contribution < -0.4 is 15.4 Å². The molecule has 39 heavy (non-hydrogen) atoms. The van der Waals surface area contributed by atoms with Crippen LogP contribution in [-0.4, -0.2) is 33.8 Å². The largest absolute Gasteiger partial charge is 0.487 e. The van der Waals surface area contributed by atoms with Gasteiger partial charge >= 0.3 is 0 Å². The van der Waals surface area contributed by atoms with Crippen molar-refractivity contribution < 1.29 is 14.3 Å². The minimum Gasteiger partial charge on any atom is -0.487 e. The van der Waals surface area contributed by atoms with Gasteiger partial charge in [0.25, 0.3) is 5.91 Å². The van der Waals surface area contributed by atoms with Gasteiger partial charge in [-0.25, -0.2) is 0 Å². The predicted molar refractivity (Wildman–Crippen MR) is 151 cm³/mol. The normalized spacial score (nSPS) is 21.6. The van der Waals surface area contributed by atoms with E-state index >= 15 is 0 Å². The summed E-state index contributed by atoms with van der Waals surface area (Å²) in [5.41, 5.74) is 1.72. The Kier molecular flexibility index (Phi) is 7.40. The molecule has 2 amide bonds. The number of para-hydroxylation sites is 1. The van der Waals surface area contributed by atoms with Crippen molar-refractivity contribution in [3.63, 3.8) is 0 Å². The van der Waals surface area contributed by atoms with E-state index in [9.17, 15) is 9.59 Å². The van der Waals surface area contributed by atoms with Crippen LogP contribution in [0.15, 0.2) is 48.5 Å². The molecule has 2 aliphatic heterocycles. The highest BCUT2D eigenvalue weighted by Gasteiger charge is 2.46. The molecule has 3 N–H and O–H groups in total. The summed E-state index contributed by atoms with van der Waals surface area (Å²) in [7, 11) is 0. The summed E-state index contributed by atoms with van der Waals surface area (Å²) in [5.74, 6) is 3.36. The lowest BCUT2D eigenvalue weighted by Crippen LogP contribution is -2.62. The monoisotopic (exact) mass is 526 g/mol. The van der Waals surface area contributed by atoms with Gasteiger partial charge in [-0.05, 0) is 62.3 Å². The second-order valence-corrected chi connectivity index (χ2v) is 11.2. The Balaban J connectivity index is 1.39. The Hall–Kier alpha value is -3.79. The number of terminal acetylenes is 1. The molecule has 2 aromatic carbocycles. The number of hydrogen-bond acceptors (Lipinski definition) is 4. The van der Waals surface area contributed by atoms with Gasteiger partial charge in [-0.1, -0.05) is 44.2 Å². The maximum atomic E-state index is 13.6. The molecule has 3 aliphatic rings. The van der Waals surface area contributed by atoms with Crippen molar-refractivity contribution in [3.8, 4) is 18.1 Å². The van der Waals surface area contributed by atoms with Gasteiger partial charge in [0.15, 0.2) is 5.96 Å². The second kappa shape index (κ2) is 10.8. The zero-order valence-corrected chi connectivity index (χ0v) is 22.9. The van der Waals surface area contributed by atoms with E-state index in [-0.39, 0.29) is 29.4 Å². The first-order valence-electron chi connectivity index (χ1n) is 14.1. The lowest BCUT2D eigenvalue weighted by atomic mass is 9.73. The summed E-state index contributed by atoms with van der Waals surface area (Å²) in [6.45, 7) is 4.07. The molecule has 1 aliphatic carbocycles. The molecule has 0 aromatic heterocycles. The van der Waals surface area contributed by atoms with Gasteiger partial charge < -0.3 is 15.4 Å². The van der Waals surface area contributed by atoms with Crippen molar-refractivity contribution in [3.05, 3.63) is 65.2 Å². The first kappa shape index (κ1) is 26.8. The number of ether oxygens (including phenoxy) is 1. The molecular weight excluding hydrogens is 488 g/mol. The number of carbonyl (C=O) groups excluding carboxylic acids is 2. The molecule has 2 aromatic rings. The standard InChI is InChI=1S/C32H38N4O3/c1-4-7-15-26(36-28(37)21-31(5-2,6-3)35-30(36)33)22-12-10-13-23(19-22)29(38)34-25-20-32(17-11-18-32)39-27-16-9-8-14-24(25)27/h1,8-10,12-14,16,19,25-26H,5-7,11,15,17-18,20-21H2,2-3H3,(H2,33,35)(H,34,38)/t25-,26+/m1/s1. The number of nitrogens with one attached hydrogen (secondary N) is 3. The van der Waals surface area contributed by atoms with Crippen LogP contribution in [0.5, 0.6) is 5.75 Å². The lowest BCUT2D eigenvalue weighted by molar-refractivity contribution is -0.132. The molecule has 5 rings (SSSR count). The van der Waals surface area contributed by atoms with Crippen LogP contribution in [0, 0.1) is 17.8 Å². The van der Waals surface area contributed by atoms with Gasteiger partial charge in [0.2, 0.25) is 5.91 Å². The molecule has 2 heterocycles. The lowest BCUT2D eigenvalue weighted by Gasteiger charge is -2.48. The summed E-state index contributed by atoms with van der Waals surface area (Å²) in [5, 5.41) is 15.3. The molecule has 7 heteroatoms. The number of guanidine groups is 1. The third-order valence-corrected chi connectivity index (χ3v) is 8.91. The SMILES string of the molecule is C#CCC[C@@H](c1cccc(C(=O)N[C@@H]2CC3(CCC3)Oc3ccccc32)c1)N1C(=N)NC(CC)(CC)CC1=O. The summed E-state index contributed by atoms with van der Waals surface area (Å²) < 4.78 is 6.35. The zero-order chi connectivity index (χ0) is 27.6. The average molecular weight is 527 g/mol. The smallest absolute Gasteiger partial charge is 0.251 e. The van der Waals surface area contributed by atoms with Crippen LogP contribution in [0.4, 0.5) is 0 Å². The van der Waals surface area contributed by atoms with Crippen molar-refractivity contribution in [1.82, 2.24) is 15.5 Å². The Bertz CT molecular complexity index is 1280. The number of nitrogens with zero attached hydrogens (tertiary/aromatic N) is 1. The van der Waals surface area contributed by atoms with E-state index in [1.54, 1.807) is 6.07 Å². The summed E-state index contributed by atoms with van der Waals surface area (Å²) in [6.07, 6.45) is 12.3. The van der Waals surface area contributed by atoms with Gasteiger partial charge in [0.05, 0.1) is 18.5 Å². The second-order valence-electron chi connectivity index (χ2n) is 11.2. The fraction of sp³-hybridized carbons (Fsp3) is 0.469. The number of amides is 2. The highest BCUT2D eigenvalue weighted by Crippen LogP contribution is 2.48. The van der Waals surface area contributed by atoms with E-state index in [0.29, 0.717) is 24.8 Å². The number of benzene rings is 2. The van der Waals surface area contributed by atoms with Crippen LogP contribution in [0.25, 0.3) is 0 Å². The van der Waals surface area contributed by atoms with Crippen LogP contribution in [0.1, 0.15) is 105 Å². The summed E-state index contributed by atoms with van der Waals surface area (Å²) >= 11 is 0. The Morgan fingerprint density at radius 3 is 2.67 bits per heavy atom. The number of carbonyl (C=O) groups is 2. The molecule has 0 unspecified atom stereocenters. The fourth-order valence-corrected chi connectivity index (χ4v) is 6.28. The van der Waals surface area contributed by atoms with E-state index in [1.807, 2.05) is 56.3 Å². The van der Waals surface area contributed by atoms with Crippen molar-refractivity contribution in [2.24, 2.45) is 0 Å². The average Bonchev–Trinajstić information content (AvgIpc) is 2.93. The van der Waals surface area contributed by atoms with Gasteiger partial charge in [0.1, 0.15) is 11.4 Å². The maximum Gasteiger partial charge on any atom is 0.251 e. The van der Waals surface area contributed by atoms with Crippen LogP contribution in [0.2, 0.25) is 0 Å². The van der Waals surface area contributed by atoms with E-state index in [0.717, 1.165) is 55.4 Å². The van der Waals surface area contributed by atoms with Crippen LogP contribution in [0.3, 0.4) is 0 Å². The van der Waals surface area contributed by atoms with E-state index in [4.69, 9.17) is 16.6 Å². The minimum absolute atomic E-state index is 0.0936. The first-order valence-corrected chi connectivity index (χ1v) is 14.1. The zero-order valence-electron chi connectivity index (χ0n) is 22.9. The Labute approximate surface area is 231 Å². The Morgan fingerprint density at radius 2 is 2.00 bits per heavy atom. The molecule has 2 fully saturated rings. The third-order valence-electron chi connectivity index (χ3n) is 8.91. The highest BCUT2D eigenvalue weighted by atomic mass is 16.5. The summed E-state index contributed by atoms with van der Waals surface area (Å²) in [6, 6.07) is 14.7. The topological polar surface area (TPSA) is 94.5 Å². The molecule has 7 nitrogen and oxygen atoms in total. The van der Waals surface area contributed by atoms with E-state index < -0.39 is 11.6 Å². The number of hydrogen-bond donors (Lipinski definition) is 3. The molecule has 204 valence electrons. The van der Waals surface area contributed by atoms with Crippen molar-refractivity contribution in [1.29, 1.82) is 5.41 Å². The Morgan fingerprint density at radius 1 is 1.23 bits per heavy atom. The van der Waals surface area contributed by atoms with Gasteiger partial charge in [-0.3, -0.25) is 19.9 Å². The molecule has 1 spiro atoms. The predicted octanol–water partition coefficient (Wildman–Crippen LogP) is 5.63. The van der Waals surface area contributed by atoms with Crippen molar-refractivity contribution >= 4 is 17.8 Å². The quantitative estimate of drug-likeness (QED) is 0.389. The van der Waals surface area contributed by atoms with Gasteiger partial charge in [-0.15, -0.1) is 12.3 Å². The number of rotatable bonds is 8. The molecular formula is C32H38N4O3. The maximum absolute atomic E-state index is 13.6. The molecule has 2 atom stereocenters. The summed E-state index contributed by atoms with van der Waals surface area (Å²) in [4.78, 5) is 28.5. The van der Waals surface area contributed by atoms with E-state index in [1.165, 1.54) is 4.90 Å². The van der Waals surface area contributed by atoms with Gasteiger partial charge in [0, 0.05) is 29.5 Å². The van der Waals surface area contributed by atoms with Crippen LogP contribution >= 0.6 is 0 Å².